The SMILES string of the molecule is CC(=O)CC1CCC(C(=O)NCc2ccc(CN3CCCC3)cc2)C1. The highest BCUT2D eigenvalue weighted by molar-refractivity contribution is 5.79. The Morgan fingerprint density at radius 2 is 1.76 bits per heavy atom. The molecule has 1 aromatic carbocycles. The Hall–Kier alpha value is -1.68. The molecule has 2 aliphatic rings. The number of hydrogen-bond donors (Lipinski definition) is 1. The molecule has 25 heavy (non-hydrogen) atoms. The van der Waals surface area contributed by atoms with E-state index in [9.17, 15) is 9.59 Å². The number of hydrogen-bond acceptors (Lipinski definition) is 3. The molecule has 1 saturated carbocycles. The fourth-order valence-electron chi connectivity index (χ4n) is 4.20. The number of Topliss-reactive ketones (excluding diaryl/α,β-unsaturated/α-hetero) is 1. The van der Waals surface area contributed by atoms with Crippen molar-refractivity contribution in [1.29, 1.82) is 0 Å². The van der Waals surface area contributed by atoms with Crippen LogP contribution in [0.25, 0.3) is 0 Å². The Morgan fingerprint density at radius 3 is 2.44 bits per heavy atom. The van der Waals surface area contributed by atoms with Crippen LogP contribution in [0.15, 0.2) is 24.3 Å². The van der Waals surface area contributed by atoms with Crippen LogP contribution < -0.4 is 5.32 Å². The van der Waals surface area contributed by atoms with Crippen molar-refractivity contribution in [3.63, 3.8) is 0 Å². The van der Waals surface area contributed by atoms with Crippen molar-refractivity contribution in [1.82, 2.24) is 10.2 Å². The molecular weight excluding hydrogens is 312 g/mol. The molecule has 2 unspecified atom stereocenters. The summed E-state index contributed by atoms with van der Waals surface area (Å²) in [7, 11) is 0. The molecule has 136 valence electrons. The van der Waals surface area contributed by atoms with E-state index >= 15 is 0 Å². The normalized spacial score (nSPS) is 23.7. The monoisotopic (exact) mass is 342 g/mol. The van der Waals surface area contributed by atoms with Crippen LogP contribution in [-0.2, 0) is 22.7 Å². The highest BCUT2D eigenvalue weighted by atomic mass is 16.2. The predicted molar refractivity (Wildman–Crippen MR) is 98.9 cm³/mol. The number of amides is 1. The first-order valence-corrected chi connectivity index (χ1v) is 9.67. The van der Waals surface area contributed by atoms with Gasteiger partial charge in [0.2, 0.25) is 5.91 Å². The van der Waals surface area contributed by atoms with Crippen LogP contribution in [0.5, 0.6) is 0 Å². The average molecular weight is 342 g/mol. The number of benzene rings is 1. The Balaban J connectivity index is 1.42. The number of carbonyl (C=O) groups excluding carboxylic acids is 2. The predicted octanol–water partition coefficient (Wildman–Crippen LogP) is 3.29. The molecule has 1 saturated heterocycles. The van der Waals surface area contributed by atoms with E-state index in [1.807, 2.05) is 0 Å². The summed E-state index contributed by atoms with van der Waals surface area (Å²) in [6.45, 7) is 5.69. The van der Waals surface area contributed by atoms with Crippen LogP contribution in [0.3, 0.4) is 0 Å². The van der Waals surface area contributed by atoms with Crippen molar-refractivity contribution in [2.24, 2.45) is 11.8 Å². The topological polar surface area (TPSA) is 49.4 Å². The zero-order valence-electron chi connectivity index (χ0n) is 15.3. The van der Waals surface area contributed by atoms with E-state index in [1.165, 1.54) is 31.5 Å². The average Bonchev–Trinajstić information content (AvgIpc) is 3.25. The maximum Gasteiger partial charge on any atom is 0.223 e. The molecule has 4 nitrogen and oxygen atoms in total. The second-order valence-electron chi connectivity index (χ2n) is 7.80. The van der Waals surface area contributed by atoms with Crippen molar-refractivity contribution in [2.75, 3.05) is 13.1 Å². The molecule has 1 heterocycles. The molecule has 1 N–H and O–H groups in total. The van der Waals surface area contributed by atoms with Crippen LogP contribution in [0.4, 0.5) is 0 Å². The van der Waals surface area contributed by atoms with Gasteiger partial charge in [0, 0.05) is 25.4 Å². The van der Waals surface area contributed by atoms with Gasteiger partial charge in [-0.1, -0.05) is 24.3 Å². The summed E-state index contributed by atoms with van der Waals surface area (Å²) in [6, 6.07) is 8.61. The quantitative estimate of drug-likeness (QED) is 0.827. The minimum atomic E-state index is 0.0822. The number of carbonyl (C=O) groups is 2. The van der Waals surface area contributed by atoms with E-state index in [4.69, 9.17) is 0 Å². The highest BCUT2D eigenvalue weighted by Gasteiger charge is 2.30. The molecule has 4 heteroatoms. The zero-order chi connectivity index (χ0) is 17.6. The van der Waals surface area contributed by atoms with E-state index in [1.54, 1.807) is 6.92 Å². The van der Waals surface area contributed by atoms with Crippen LogP contribution in [0.2, 0.25) is 0 Å². The molecule has 1 aliphatic carbocycles. The molecule has 0 bridgehead atoms. The summed E-state index contributed by atoms with van der Waals surface area (Å²) in [5, 5.41) is 3.07. The van der Waals surface area contributed by atoms with Gasteiger partial charge < -0.3 is 10.1 Å². The summed E-state index contributed by atoms with van der Waals surface area (Å²) in [6.07, 6.45) is 6.04. The van der Waals surface area contributed by atoms with Gasteiger partial charge in [-0.15, -0.1) is 0 Å². The fraction of sp³-hybridized carbons (Fsp3) is 0.619. The number of ketones is 1. The number of likely N-dealkylation sites (tertiary alicyclic amines) is 1. The summed E-state index contributed by atoms with van der Waals surface area (Å²) in [4.78, 5) is 26.1. The van der Waals surface area contributed by atoms with E-state index < -0.39 is 0 Å². The van der Waals surface area contributed by atoms with Crippen LogP contribution in [0.1, 0.15) is 56.6 Å². The van der Waals surface area contributed by atoms with Gasteiger partial charge in [0.25, 0.3) is 0 Å². The van der Waals surface area contributed by atoms with Crippen molar-refractivity contribution in [2.45, 2.75) is 58.5 Å². The second-order valence-corrected chi connectivity index (χ2v) is 7.80. The first-order chi connectivity index (χ1) is 12.1. The molecule has 3 rings (SSSR count). The molecule has 0 radical (unpaired) electrons. The lowest BCUT2D eigenvalue weighted by molar-refractivity contribution is -0.125. The maximum atomic E-state index is 12.3. The number of rotatable bonds is 7. The van der Waals surface area contributed by atoms with Crippen LogP contribution in [0, 0.1) is 11.8 Å². The fourth-order valence-corrected chi connectivity index (χ4v) is 4.20. The Labute approximate surface area is 151 Å². The largest absolute Gasteiger partial charge is 0.352 e. The molecule has 2 fully saturated rings. The summed E-state index contributed by atoms with van der Waals surface area (Å²) >= 11 is 0. The van der Waals surface area contributed by atoms with E-state index in [0.29, 0.717) is 18.9 Å². The molecule has 2 atom stereocenters. The van der Waals surface area contributed by atoms with E-state index in [-0.39, 0.29) is 17.6 Å². The lowest BCUT2D eigenvalue weighted by Crippen LogP contribution is -2.29. The van der Waals surface area contributed by atoms with Crippen molar-refractivity contribution in [3.8, 4) is 0 Å². The Bertz CT molecular complexity index is 590. The zero-order valence-corrected chi connectivity index (χ0v) is 15.3. The third-order valence-electron chi connectivity index (χ3n) is 5.58. The number of nitrogens with zero attached hydrogens (tertiary/aromatic N) is 1. The summed E-state index contributed by atoms with van der Waals surface area (Å²) < 4.78 is 0. The lowest BCUT2D eigenvalue weighted by atomic mass is 9.99. The second kappa shape index (κ2) is 8.61. The Morgan fingerprint density at radius 1 is 1.08 bits per heavy atom. The minimum Gasteiger partial charge on any atom is -0.352 e. The van der Waals surface area contributed by atoms with Gasteiger partial charge in [-0.2, -0.15) is 0 Å². The van der Waals surface area contributed by atoms with Gasteiger partial charge in [-0.05, 0) is 69.2 Å². The van der Waals surface area contributed by atoms with Gasteiger partial charge in [-0.3, -0.25) is 9.69 Å². The van der Waals surface area contributed by atoms with Crippen molar-refractivity contribution >= 4 is 11.7 Å². The number of nitrogens with one attached hydrogen (secondary N) is 1. The molecule has 1 aliphatic heterocycles. The van der Waals surface area contributed by atoms with Gasteiger partial charge >= 0.3 is 0 Å². The first kappa shape index (κ1) is 18.1. The van der Waals surface area contributed by atoms with Gasteiger partial charge in [0.1, 0.15) is 5.78 Å². The third kappa shape index (κ3) is 5.40. The summed E-state index contributed by atoms with van der Waals surface area (Å²) in [5.41, 5.74) is 2.50. The molecule has 1 aromatic rings. The van der Waals surface area contributed by atoms with Gasteiger partial charge in [-0.25, -0.2) is 0 Å². The van der Waals surface area contributed by atoms with Crippen LogP contribution >= 0.6 is 0 Å². The van der Waals surface area contributed by atoms with Gasteiger partial charge in [0.05, 0.1) is 0 Å². The molecule has 0 aromatic heterocycles. The highest BCUT2D eigenvalue weighted by Crippen LogP contribution is 2.33. The molecule has 0 spiro atoms. The van der Waals surface area contributed by atoms with E-state index in [0.717, 1.165) is 31.4 Å². The standard InChI is InChI=1S/C21H30N2O2/c1-16(24)12-19-8-9-20(13-19)21(25)22-14-17-4-6-18(7-5-17)15-23-10-2-3-11-23/h4-7,19-20H,2-3,8-15H2,1H3,(H,22,25). The smallest absolute Gasteiger partial charge is 0.223 e. The van der Waals surface area contributed by atoms with Crippen molar-refractivity contribution < 1.29 is 9.59 Å². The first-order valence-electron chi connectivity index (χ1n) is 9.67. The van der Waals surface area contributed by atoms with Crippen LogP contribution in [-0.4, -0.2) is 29.7 Å². The van der Waals surface area contributed by atoms with E-state index in [2.05, 4.69) is 34.5 Å². The molecule has 1 amide bonds. The maximum absolute atomic E-state index is 12.3. The van der Waals surface area contributed by atoms with Crippen molar-refractivity contribution in [3.05, 3.63) is 35.4 Å². The van der Waals surface area contributed by atoms with Gasteiger partial charge in [0.15, 0.2) is 0 Å². The Kier molecular flexibility index (Phi) is 6.24. The molecular formula is C21H30N2O2. The third-order valence-corrected chi connectivity index (χ3v) is 5.58. The lowest BCUT2D eigenvalue weighted by Gasteiger charge is -2.15. The minimum absolute atomic E-state index is 0.0822. The summed E-state index contributed by atoms with van der Waals surface area (Å²) in [5.74, 6) is 0.865.